The normalized spacial score (nSPS) is 14.7. The van der Waals surface area contributed by atoms with E-state index in [0.29, 0.717) is 25.0 Å². The summed E-state index contributed by atoms with van der Waals surface area (Å²) in [7, 11) is 0. The number of nitrogens with one attached hydrogen (secondary N) is 10. The highest BCUT2D eigenvalue weighted by Gasteiger charge is 2.32. The topological polar surface area (TPSA) is 485 Å². The number of nitrogens with two attached hydrogens (primary N) is 4. The van der Waals surface area contributed by atoms with Crippen molar-refractivity contribution in [3.8, 4) is 0 Å². The van der Waals surface area contributed by atoms with Crippen molar-refractivity contribution in [3.63, 3.8) is 0 Å². The largest absolute Gasteiger partial charge is 0.480 e. The van der Waals surface area contributed by atoms with Crippen LogP contribution in [0.1, 0.15) is 79.6 Å². The maximum Gasteiger partial charge on any atom is 0.325 e. The zero-order chi connectivity index (χ0) is 55.1. The molecular formula is C42H77N15O14S. The van der Waals surface area contributed by atoms with Gasteiger partial charge in [0.15, 0.2) is 5.96 Å². The summed E-state index contributed by atoms with van der Waals surface area (Å²) in [4.78, 5) is 144. The van der Waals surface area contributed by atoms with Crippen molar-refractivity contribution < 1.29 is 68.1 Å². The number of carboxylic acid groups (broad SMARTS) is 1. The van der Waals surface area contributed by atoms with E-state index >= 15 is 0 Å². The number of amides is 10. The molecule has 0 bridgehead atoms. The van der Waals surface area contributed by atoms with Crippen LogP contribution in [0.4, 0.5) is 0 Å². The third-order valence-corrected chi connectivity index (χ3v) is 10.9. The number of aliphatic carboxylic acids is 1. The molecule has 72 heavy (non-hydrogen) atoms. The lowest BCUT2D eigenvalue weighted by atomic mass is 10.0. The number of thioether (sulfide) groups is 1. The molecule has 0 aromatic carbocycles. The summed E-state index contributed by atoms with van der Waals surface area (Å²) >= 11 is 1.51. The number of carboxylic acids is 1. The van der Waals surface area contributed by atoms with E-state index in [1.807, 2.05) is 20.1 Å². The molecular weight excluding hydrogens is 971 g/mol. The Labute approximate surface area is 422 Å². The average molecular weight is 1050 g/mol. The van der Waals surface area contributed by atoms with Crippen LogP contribution in [0.2, 0.25) is 0 Å². The fourth-order valence-electron chi connectivity index (χ4n) is 6.09. The molecule has 0 aliphatic heterocycles. The van der Waals surface area contributed by atoms with Gasteiger partial charge in [0.1, 0.15) is 48.3 Å². The van der Waals surface area contributed by atoms with Crippen molar-refractivity contribution in [3.05, 3.63) is 0 Å². The third-order valence-electron chi connectivity index (χ3n) is 10.2. The summed E-state index contributed by atoms with van der Waals surface area (Å²) in [6.07, 6.45) is 3.35. The van der Waals surface area contributed by atoms with Gasteiger partial charge in [-0.15, -0.1) is 0 Å². The minimum atomic E-state index is -1.66. The zero-order valence-corrected chi connectivity index (χ0v) is 42.5. The van der Waals surface area contributed by atoms with Gasteiger partial charge in [-0.25, -0.2) is 0 Å². The monoisotopic (exact) mass is 1050 g/mol. The number of carbonyl (C=O) groups excluding carboxylic acids is 10. The van der Waals surface area contributed by atoms with Crippen molar-refractivity contribution in [2.45, 2.75) is 134 Å². The molecule has 0 rings (SSSR count). The van der Waals surface area contributed by atoms with Crippen molar-refractivity contribution in [2.24, 2.45) is 33.8 Å². The molecule has 30 heteroatoms. The lowest BCUT2D eigenvalue weighted by Gasteiger charge is -2.25. The van der Waals surface area contributed by atoms with E-state index in [1.165, 1.54) is 32.5 Å². The quantitative estimate of drug-likeness (QED) is 0.0157. The Bertz CT molecular complexity index is 1860. The van der Waals surface area contributed by atoms with Crippen LogP contribution in [0.3, 0.4) is 0 Å². The second kappa shape index (κ2) is 35.7. The standard InChI is InChI=1S/C42H77N15O14S/c1-21(2)16-28(56-35(64)25(44)12-15-72-6)39(68)50-22(3)33(62)48-17-32(61)54-29(19-58)36(65)49-18-31(60)53-26(10-7-8-13-43)37(66)51-23(4)34(63)57-30(20-59)40(69)55-27(11-9-14-47-42(45)46)38(67)52-24(5)41(70)71/h21-30,58-59H,7-20,43-44H2,1-6H3,(H,48,62)(H,49,65)(H,50,68)(H,51,66)(H,52,67)(H,53,60)(H,54,61)(H,55,69)(H,56,64)(H,57,63)(H,70,71)(H4,45,46,47)/t22-,23-,24-,25-,26-,27-,28-,29-,30-/m0/s1. The first kappa shape index (κ1) is 65.6. The molecule has 0 fully saturated rings. The fourth-order valence-corrected chi connectivity index (χ4v) is 6.58. The van der Waals surface area contributed by atoms with Crippen LogP contribution in [0, 0.1) is 5.92 Å². The van der Waals surface area contributed by atoms with E-state index in [9.17, 15) is 68.1 Å². The van der Waals surface area contributed by atoms with E-state index in [0.717, 1.165) is 0 Å². The van der Waals surface area contributed by atoms with Crippen LogP contribution < -0.4 is 76.1 Å². The van der Waals surface area contributed by atoms with E-state index in [-0.39, 0.29) is 50.7 Å². The minimum absolute atomic E-state index is 0.0114. The first-order valence-electron chi connectivity index (χ1n) is 23.2. The smallest absolute Gasteiger partial charge is 0.325 e. The van der Waals surface area contributed by atoms with Gasteiger partial charge >= 0.3 is 5.97 Å². The van der Waals surface area contributed by atoms with Crippen LogP contribution in [-0.2, 0) is 52.7 Å². The Balaban J connectivity index is 5.48. The van der Waals surface area contributed by atoms with Gasteiger partial charge < -0.3 is 91.4 Å². The van der Waals surface area contributed by atoms with Crippen molar-refractivity contribution >= 4 is 82.8 Å². The molecule has 0 heterocycles. The number of aliphatic imine (C=N–C) groups is 1. The first-order chi connectivity index (χ1) is 33.8. The highest BCUT2D eigenvalue weighted by atomic mass is 32.2. The van der Waals surface area contributed by atoms with Gasteiger partial charge in [-0.05, 0) is 90.2 Å². The van der Waals surface area contributed by atoms with Crippen molar-refractivity contribution in [2.75, 3.05) is 51.4 Å². The van der Waals surface area contributed by atoms with Crippen LogP contribution in [0.5, 0.6) is 0 Å². The number of rotatable bonds is 36. The second-order valence-corrected chi connectivity index (χ2v) is 18.0. The molecule has 29 nitrogen and oxygen atoms in total. The van der Waals surface area contributed by atoms with E-state index in [2.05, 4.69) is 58.2 Å². The van der Waals surface area contributed by atoms with Crippen LogP contribution in [-0.4, -0.2) is 192 Å². The Hall–Kier alpha value is -6.37. The number of hydrogen-bond acceptors (Lipinski definition) is 17. The van der Waals surface area contributed by atoms with Crippen LogP contribution in [0.25, 0.3) is 0 Å². The molecule has 21 N–H and O–H groups in total. The molecule has 9 atom stereocenters. The number of hydrogen-bond donors (Lipinski definition) is 17. The van der Waals surface area contributed by atoms with Gasteiger partial charge in [-0.2, -0.15) is 11.8 Å². The Kier molecular flexibility index (Phi) is 32.5. The number of guanidine groups is 1. The van der Waals surface area contributed by atoms with E-state index in [1.54, 1.807) is 0 Å². The number of nitrogens with zero attached hydrogens (tertiary/aromatic N) is 1. The summed E-state index contributed by atoms with van der Waals surface area (Å²) < 4.78 is 0. The summed E-state index contributed by atoms with van der Waals surface area (Å²) in [6.45, 7) is 4.39. The van der Waals surface area contributed by atoms with Crippen LogP contribution in [0.15, 0.2) is 4.99 Å². The fraction of sp³-hybridized carbons (Fsp3) is 0.714. The number of aliphatic hydroxyl groups excluding tert-OH is 2. The second-order valence-electron chi connectivity index (χ2n) is 17.0. The summed E-state index contributed by atoms with van der Waals surface area (Å²) in [5.74, 6) is -9.55. The first-order valence-corrected chi connectivity index (χ1v) is 24.6. The summed E-state index contributed by atoms with van der Waals surface area (Å²) in [5, 5.41) is 52.5. The molecule has 0 saturated carbocycles. The molecule has 0 radical (unpaired) electrons. The average Bonchev–Trinajstić information content (AvgIpc) is 3.32. The predicted molar refractivity (Wildman–Crippen MR) is 264 cm³/mol. The number of aliphatic hydroxyl groups is 2. The molecule has 0 saturated heterocycles. The molecule has 410 valence electrons. The van der Waals surface area contributed by atoms with Gasteiger partial charge in [0.25, 0.3) is 0 Å². The Morgan fingerprint density at radius 2 is 0.972 bits per heavy atom. The van der Waals surface area contributed by atoms with Gasteiger partial charge in [0.2, 0.25) is 59.1 Å². The van der Waals surface area contributed by atoms with Gasteiger partial charge in [-0.3, -0.25) is 57.7 Å². The maximum absolute atomic E-state index is 13.4. The number of carbonyl (C=O) groups is 11. The van der Waals surface area contributed by atoms with Gasteiger partial charge in [0, 0.05) is 6.54 Å². The molecule has 0 aromatic heterocycles. The van der Waals surface area contributed by atoms with Crippen LogP contribution >= 0.6 is 11.8 Å². The van der Waals surface area contributed by atoms with Crippen molar-refractivity contribution in [1.82, 2.24) is 53.2 Å². The van der Waals surface area contributed by atoms with Gasteiger partial charge in [-0.1, -0.05) is 13.8 Å². The summed E-state index contributed by atoms with van der Waals surface area (Å²) in [5.41, 5.74) is 22.2. The lowest BCUT2D eigenvalue weighted by Crippen LogP contribution is -2.59. The molecule has 0 unspecified atom stereocenters. The third kappa shape index (κ3) is 27.3. The van der Waals surface area contributed by atoms with E-state index in [4.69, 9.17) is 22.9 Å². The highest BCUT2D eigenvalue weighted by molar-refractivity contribution is 7.98. The Morgan fingerprint density at radius 1 is 0.528 bits per heavy atom. The Morgan fingerprint density at radius 3 is 1.49 bits per heavy atom. The minimum Gasteiger partial charge on any atom is -0.480 e. The maximum atomic E-state index is 13.4. The zero-order valence-electron chi connectivity index (χ0n) is 41.7. The predicted octanol–water partition coefficient (Wildman–Crippen LogP) is -7.46. The molecule has 0 aliphatic rings. The van der Waals surface area contributed by atoms with Gasteiger partial charge in [0.05, 0.1) is 32.3 Å². The highest BCUT2D eigenvalue weighted by Crippen LogP contribution is 2.08. The van der Waals surface area contributed by atoms with Crippen molar-refractivity contribution in [1.29, 1.82) is 0 Å². The SMILES string of the molecule is CSCC[C@H](N)C(=O)N[C@@H](CC(C)C)C(=O)N[C@@H](C)C(=O)NCC(=O)N[C@@H](CO)C(=O)NCC(=O)N[C@@H](CCCCN)C(=O)N[C@@H](C)C(=O)N[C@@H](CO)C(=O)N[C@@H](CCCN=C(N)N)C(=O)N[C@@H](C)C(=O)O. The molecule has 0 aliphatic carbocycles. The van der Waals surface area contributed by atoms with E-state index < -0.39 is 146 Å². The summed E-state index contributed by atoms with van der Waals surface area (Å²) in [6, 6.07) is -11.6. The number of unbranched alkanes of at least 4 members (excludes halogenated alkanes) is 1. The lowest BCUT2D eigenvalue weighted by molar-refractivity contribution is -0.142. The molecule has 10 amide bonds. The molecule has 0 spiro atoms. The molecule has 0 aromatic rings.